The number of aliphatic hydroxyl groups excluding tert-OH is 1. The topological polar surface area (TPSA) is 33.1 Å². The number of fused-ring (bicyclic) bond motifs is 1. The van der Waals surface area contributed by atoms with Crippen molar-refractivity contribution >= 4 is 0 Å². The molecule has 3 rings (SSSR count). The van der Waals surface area contributed by atoms with Crippen molar-refractivity contribution < 1.29 is 5.11 Å². The number of aliphatic hydroxyl groups is 1. The van der Waals surface area contributed by atoms with Gasteiger partial charge in [0.2, 0.25) is 0 Å². The van der Waals surface area contributed by atoms with Crippen molar-refractivity contribution in [1.82, 2.24) is 4.98 Å². The fourth-order valence-electron chi connectivity index (χ4n) is 4.24. The number of hydrogen-bond donors (Lipinski definition) is 1. The van der Waals surface area contributed by atoms with Crippen LogP contribution in [0.25, 0.3) is 0 Å². The van der Waals surface area contributed by atoms with Gasteiger partial charge >= 0.3 is 0 Å². The lowest BCUT2D eigenvalue weighted by atomic mass is 9.71. The first-order valence-electron chi connectivity index (χ1n) is 9.01. The zero-order valence-electron chi connectivity index (χ0n) is 14.6. The molecule has 1 fully saturated rings. The SMILES string of the molecule is CC(C)c1[c]c(C2CCCCC2)c2c(n1)CC(C)(C)CC2O. The Bertz CT molecular complexity index is 541. The van der Waals surface area contributed by atoms with Gasteiger partial charge < -0.3 is 5.11 Å². The summed E-state index contributed by atoms with van der Waals surface area (Å²) in [6.45, 7) is 8.88. The van der Waals surface area contributed by atoms with Crippen molar-refractivity contribution in [2.24, 2.45) is 5.41 Å². The molecule has 1 radical (unpaired) electrons. The summed E-state index contributed by atoms with van der Waals surface area (Å²) < 4.78 is 0. The van der Waals surface area contributed by atoms with Crippen LogP contribution in [0.15, 0.2) is 0 Å². The third-order valence-electron chi connectivity index (χ3n) is 5.40. The highest BCUT2D eigenvalue weighted by Crippen LogP contribution is 2.45. The molecule has 121 valence electrons. The quantitative estimate of drug-likeness (QED) is 0.828. The molecule has 1 saturated carbocycles. The minimum atomic E-state index is -0.361. The molecule has 1 unspecified atom stereocenters. The molecule has 0 spiro atoms. The summed E-state index contributed by atoms with van der Waals surface area (Å²) in [5.41, 5.74) is 4.81. The Labute approximate surface area is 135 Å². The van der Waals surface area contributed by atoms with Gasteiger partial charge in [0.25, 0.3) is 0 Å². The maximum Gasteiger partial charge on any atom is 0.0815 e. The van der Waals surface area contributed by atoms with Crippen molar-refractivity contribution in [3.63, 3.8) is 0 Å². The largest absolute Gasteiger partial charge is 0.388 e. The summed E-state index contributed by atoms with van der Waals surface area (Å²) in [4.78, 5) is 4.90. The predicted octanol–water partition coefficient (Wildman–Crippen LogP) is 5.06. The molecular formula is C20H30NO. The smallest absolute Gasteiger partial charge is 0.0815 e. The van der Waals surface area contributed by atoms with E-state index in [1.807, 2.05) is 0 Å². The lowest BCUT2D eigenvalue weighted by Crippen LogP contribution is -2.29. The van der Waals surface area contributed by atoms with Gasteiger partial charge in [0.15, 0.2) is 0 Å². The van der Waals surface area contributed by atoms with E-state index in [1.165, 1.54) is 37.7 Å². The summed E-state index contributed by atoms with van der Waals surface area (Å²) in [6.07, 6.45) is 7.95. The first-order valence-corrected chi connectivity index (χ1v) is 9.01. The van der Waals surface area contributed by atoms with E-state index in [9.17, 15) is 5.11 Å². The highest BCUT2D eigenvalue weighted by atomic mass is 16.3. The standard InChI is InChI=1S/C20H30NO/c1-13(2)16-10-15(14-8-6-5-7-9-14)19-17(21-16)11-20(3,4)12-18(19)22/h13-14,18,22H,5-9,11-12H2,1-4H3. The van der Waals surface area contributed by atoms with Crippen LogP contribution in [0.2, 0.25) is 0 Å². The van der Waals surface area contributed by atoms with Gasteiger partial charge in [-0.15, -0.1) is 0 Å². The lowest BCUT2D eigenvalue weighted by molar-refractivity contribution is 0.0963. The van der Waals surface area contributed by atoms with Crippen molar-refractivity contribution in [3.8, 4) is 0 Å². The summed E-state index contributed by atoms with van der Waals surface area (Å²) >= 11 is 0. The zero-order valence-corrected chi connectivity index (χ0v) is 14.6. The maximum atomic E-state index is 10.8. The van der Waals surface area contributed by atoms with Gasteiger partial charge in [0.1, 0.15) is 0 Å². The Balaban J connectivity index is 2.09. The van der Waals surface area contributed by atoms with Crippen molar-refractivity contribution in [2.75, 3.05) is 0 Å². The van der Waals surface area contributed by atoms with Crippen LogP contribution in [0.3, 0.4) is 0 Å². The van der Waals surface area contributed by atoms with Gasteiger partial charge in [-0.1, -0.05) is 47.0 Å². The van der Waals surface area contributed by atoms with Gasteiger partial charge in [-0.05, 0) is 48.5 Å². The maximum absolute atomic E-state index is 10.8. The van der Waals surface area contributed by atoms with E-state index in [0.29, 0.717) is 11.8 Å². The van der Waals surface area contributed by atoms with Gasteiger partial charge in [-0.25, -0.2) is 0 Å². The molecule has 1 atom stereocenters. The normalized spacial score (nSPS) is 25.3. The summed E-state index contributed by atoms with van der Waals surface area (Å²) in [5, 5.41) is 10.8. The van der Waals surface area contributed by atoms with Crippen LogP contribution in [0.5, 0.6) is 0 Å². The summed E-state index contributed by atoms with van der Waals surface area (Å²) in [7, 11) is 0. The van der Waals surface area contributed by atoms with Gasteiger partial charge in [0.05, 0.1) is 11.8 Å². The van der Waals surface area contributed by atoms with E-state index < -0.39 is 0 Å². The highest BCUT2D eigenvalue weighted by Gasteiger charge is 2.36. The third kappa shape index (κ3) is 3.08. The molecule has 0 amide bonds. The molecule has 2 nitrogen and oxygen atoms in total. The fraction of sp³-hybridized carbons (Fsp3) is 0.750. The predicted molar refractivity (Wildman–Crippen MR) is 90.0 cm³/mol. The lowest BCUT2D eigenvalue weighted by Gasteiger charge is -2.37. The van der Waals surface area contributed by atoms with Crippen LogP contribution in [0, 0.1) is 11.5 Å². The summed E-state index contributed by atoms with van der Waals surface area (Å²) in [6, 6.07) is 3.63. The first kappa shape index (κ1) is 16.0. The number of aromatic nitrogens is 1. The average molecular weight is 300 g/mol. The van der Waals surface area contributed by atoms with Gasteiger partial charge in [-0.3, -0.25) is 4.98 Å². The molecular weight excluding hydrogens is 270 g/mol. The Morgan fingerprint density at radius 2 is 1.86 bits per heavy atom. The molecule has 2 heteroatoms. The van der Waals surface area contributed by atoms with E-state index in [0.717, 1.165) is 29.8 Å². The molecule has 0 aromatic carbocycles. The Morgan fingerprint density at radius 3 is 2.50 bits per heavy atom. The van der Waals surface area contributed by atoms with Crippen LogP contribution in [-0.4, -0.2) is 10.1 Å². The zero-order chi connectivity index (χ0) is 15.9. The van der Waals surface area contributed by atoms with E-state index in [2.05, 4.69) is 33.8 Å². The van der Waals surface area contributed by atoms with E-state index in [1.54, 1.807) is 0 Å². The molecule has 1 heterocycles. The Morgan fingerprint density at radius 1 is 1.18 bits per heavy atom. The van der Waals surface area contributed by atoms with E-state index in [4.69, 9.17) is 4.98 Å². The number of pyridine rings is 1. The molecule has 1 aromatic heterocycles. The minimum absolute atomic E-state index is 0.138. The highest BCUT2D eigenvalue weighted by molar-refractivity contribution is 5.39. The van der Waals surface area contributed by atoms with Crippen LogP contribution < -0.4 is 0 Å². The van der Waals surface area contributed by atoms with E-state index >= 15 is 0 Å². The van der Waals surface area contributed by atoms with Crippen molar-refractivity contribution in [2.45, 2.75) is 90.6 Å². The molecule has 2 aliphatic rings. The van der Waals surface area contributed by atoms with E-state index in [-0.39, 0.29) is 11.5 Å². The molecule has 0 saturated heterocycles. The first-order chi connectivity index (χ1) is 10.4. The van der Waals surface area contributed by atoms with Crippen LogP contribution in [-0.2, 0) is 6.42 Å². The van der Waals surface area contributed by atoms with Crippen LogP contribution in [0.1, 0.15) is 107 Å². The second-order valence-corrected chi connectivity index (χ2v) is 8.45. The Hall–Kier alpha value is -0.890. The molecule has 22 heavy (non-hydrogen) atoms. The summed E-state index contributed by atoms with van der Waals surface area (Å²) in [5.74, 6) is 0.980. The van der Waals surface area contributed by atoms with Gasteiger partial charge in [0, 0.05) is 17.3 Å². The molecule has 1 aromatic rings. The Kier molecular flexibility index (Phi) is 4.33. The number of rotatable bonds is 2. The second kappa shape index (κ2) is 5.96. The van der Waals surface area contributed by atoms with Gasteiger partial charge in [-0.2, -0.15) is 0 Å². The van der Waals surface area contributed by atoms with Crippen LogP contribution in [0.4, 0.5) is 0 Å². The fourth-order valence-corrected chi connectivity index (χ4v) is 4.24. The number of hydrogen-bond acceptors (Lipinski definition) is 2. The second-order valence-electron chi connectivity index (χ2n) is 8.45. The molecule has 1 N–H and O–H groups in total. The van der Waals surface area contributed by atoms with Crippen LogP contribution >= 0.6 is 0 Å². The monoisotopic (exact) mass is 300 g/mol. The van der Waals surface area contributed by atoms with Crippen molar-refractivity contribution in [3.05, 3.63) is 28.6 Å². The minimum Gasteiger partial charge on any atom is -0.388 e. The molecule has 0 aliphatic heterocycles. The third-order valence-corrected chi connectivity index (χ3v) is 5.40. The van der Waals surface area contributed by atoms with Crippen molar-refractivity contribution in [1.29, 1.82) is 0 Å². The number of nitrogens with zero attached hydrogens (tertiary/aromatic N) is 1. The molecule has 2 aliphatic carbocycles. The average Bonchev–Trinajstić information content (AvgIpc) is 2.45. The molecule has 0 bridgehead atoms.